The van der Waals surface area contributed by atoms with Crippen molar-refractivity contribution in [3.8, 4) is 0 Å². The molecule has 0 bridgehead atoms. The molecule has 9 heteroatoms. The number of carbonyl (C=O) groups excluding carboxylic acids is 1. The molecule has 0 unspecified atom stereocenters. The summed E-state index contributed by atoms with van der Waals surface area (Å²) in [4.78, 5) is 18.1. The Hall–Kier alpha value is -1.81. The van der Waals surface area contributed by atoms with Crippen LogP contribution in [0.1, 0.15) is 34.5 Å². The van der Waals surface area contributed by atoms with Crippen LogP contribution in [0.4, 0.5) is 0 Å². The number of carbonyl (C=O) groups is 1. The van der Waals surface area contributed by atoms with Gasteiger partial charge in [0.15, 0.2) is 0 Å². The Morgan fingerprint density at radius 1 is 1.16 bits per heavy atom. The van der Waals surface area contributed by atoms with Gasteiger partial charge in [-0.3, -0.25) is 9.69 Å². The molecule has 0 saturated carbocycles. The molecule has 1 aromatic carbocycles. The van der Waals surface area contributed by atoms with E-state index in [1.165, 1.54) is 27.7 Å². The van der Waals surface area contributed by atoms with Crippen molar-refractivity contribution < 1.29 is 13.2 Å². The lowest BCUT2D eigenvalue weighted by molar-refractivity contribution is 0.0904. The molecule has 1 aromatic heterocycles. The molecule has 2 saturated heterocycles. The fourth-order valence-electron chi connectivity index (χ4n) is 4.12. The van der Waals surface area contributed by atoms with Crippen LogP contribution in [-0.4, -0.2) is 72.2 Å². The highest BCUT2D eigenvalue weighted by atomic mass is 32.2. The fourth-order valence-corrected chi connectivity index (χ4v) is 6.69. The van der Waals surface area contributed by atoms with Crippen molar-refractivity contribution in [1.82, 2.24) is 19.5 Å². The first-order valence-corrected chi connectivity index (χ1v) is 13.4. The van der Waals surface area contributed by atoms with Crippen molar-refractivity contribution in [2.24, 2.45) is 0 Å². The van der Waals surface area contributed by atoms with Gasteiger partial charge < -0.3 is 10.3 Å². The molecule has 2 fully saturated rings. The third-order valence-corrected chi connectivity index (χ3v) is 8.91. The standard InChI is InChI=1S/C22H30N4O3S2/c1-17-4-2-3-5-18(17)16-25-8-6-19(7-9-25)24-22(27)21-14-20(15-23-21)31(28,29)26-10-12-30-13-11-26/h2-5,14-15,19,23H,6-13,16H2,1H3,(H,24,27). The fraction of sp³-hybridized carbons (Fsp3) is 0.500. The monoisotopic (exact) mass is 462 g/mol. The summed E-state index contributed by atoms with van der Waals surface area (Å²) in [5.74, 6) is 1.37. The van der Waals surface area contributed by atoms with E-state index in [9.17, 15) is 13.2 Å². The molecule has 7 nitrogen and oxygen atoms in total. The molecule has 0 radical (unpaired) electrons. The highest BCUT2D eigenvalue weighted by molar-refractivity contribution is 7.99. The van der Waals surface area contributed by atoms with Crippen molar-refractivity contribution >= 4 is 27.7 Å². The Morgan fingerprint density at radius 3 is 2.58 bits per heavy atom. The van der Waals surface area contributed by atoms with E-state index in [4.69, 9.17) is 0 Å². The van der Waals surface area contributed by atoms with Gasteiger partial charge in [-0.15, -0.1) is 0 Å². The second-order valence-corrected chi connectivity index (χ2v) is 11.4. The number of amides is 1. The average Bonchev–Trinajstić information content (AvgIpc) is 3.29. The van der Waals surface area contributed by atoms with E-state index in [-0.39, 0.29) is 16.8 Å². The van der Waals surface area contributed by atoms with Gasteiger partial charge in [-0.2, -0.15) is 16.1 Å². The van der Waals surface area contributed by atoms with E-state index in [1.807, 2.05) is 0 Å². The van der Waals surface area contributed by atoms with Crippen molar-refractivity contribution in [2.45, 2.75) is 37.2 Å². The average molecular weight is 463 g/mol. The van der Waals surface area contributed by atoms with Crippen molar-refractivity contribution in [1.29, 1.82) is 0 Å². The van der Waals surface area contributed by atoms with Gasteiger partial charge in [-0.25, -0.2) is 8.42 Å². The predicted octanol–water partition coefficient (Wildman–Crippen LogP) is 2.46. The summed E-state index contributed by atoms with van der Waals surface area (Å²) in [7, 11) is -3.55. The topological polar surface area (TPSA) is 85.5 Å². The summed E-state index contributed by atoms with van der Waals surface area (Å²) in [5, 5.41) is 3.07. The number of hydrogen-bond donors (Lipinski definition) is 2. The molecule has 2 aliphatic rings. The third kappa shape index (κ3) is 5.34. The lowest BCUT2D eigenvalue weighted by atomic mass is 10.0. The van der Waals surface area contributed by atoms with Gasteiger partial charge in [-0.1, -0.05) is 24.3 Å². The number of piperidine rings is 1. The van der Waals surface area contributed by atoms with Gasteiger partial charge in [0.1, 0.15) is 10.6 Å². The second kappa shape index (κ2) is 9.77. The maximum absolute atomic E-state index is 12.8. The quantitative estimate of drug-likeness (QED) is 0.689. The number of nitrogens with zero attached hydrogens (tertiary/aromatic N) is 2. The number of aromatic amines is 1. The summed E-state index contributed by atoms with van der Waals surface area (Å²) in [6, 6.07) is 10.00. The minimum Gasteiger partial charge on any atom is -0.356 e. The molecule has 1 amide bonds. The number of aryl methyl sites for hydroxylation is 1. The van der Waals surface area contributed by atoms with Gasteiger partial charge in [-0.05, 0) is 37.0 Å². The molecule has 0 aliphatic carbocycles. The Bertz CT molecular complexity index is 1010. The summed E-state index contributed by atoms with van der Waals surface area (Å²) in [5.41, 5.74) is 2.95. The number of rotatable bonds is 6. The van der Waals surface area contributed by atoms with Gasteiger partial charge in [0.05, 0.1) is 0 Å². The number of aromatic nitrogens is 1. The lowest BCUT2D eigenvalue weighted by Crippen LogP contribution is -2.44. The summed E-state index contributed by atoms with van der Waals surface area (Å²) >= 11 is 1.76. The molecule has 2 N–H and O–H groups in total. The van der Waals surface area contributed by atoms with E-state index in [2.05, 4.69) is 46.4 Å². The number of nitrogens with one attached hydrogen (secondary N) is 2. The van der Waals surface area contributed by atoms with Crippen molar-refractivity contribution in [3.63, 3.8) is 0 Å². The summed E-state index contributed by atoms with van der Waals surface area (Å²) in [6.45, 7) is 5.95. The number of likely N-dealkylation sites (tertiary alicyclic amines) is 1. The Balaban J connectivity index is 1.30. The van der Waals surface area contributed by atoms with Gasteiger partial charge in [0.2, 0.25) is 10.0 Å². The van der Waals surface area contributed by atoms with Gasteiger partial charge >= 0.3 is 0 Å². The highest BCUT2D eigenvalue weighted by Crippen LogP contribution is 2.21. The van der Waals surface area contributed by atoms with Crippen LogP contribution in [0.3, 0.4) is 0 Å². The molecular weight excluding hydrogens is 432 g/mol. The van der Waals surface area contributed by atoms with Crippen LogP contribution in [-0.2, 0) is 16.6 Å². The van der Waals surface area contributed by atoms with Crippen LogP contribution in [0.2, 0.25) is 0 Å². The number of thioether (sulfide) groups is 1. The Labute approximate surface area is 188 Å². The van der Waals surface area contributed by atoms with Crippen LogP contribution in [0.5, 0.6) is 0 Å². The smallest absolute Gasteiger partial charge is 0.267 e. The molecule has 2 aliphatic heterocycles. The zero-order chi connectivity index (χ0) is 21.8. The van der Waals surface area contributed by atoms with Crippen LogP contribution in [0, 0.1) is 6.92 Å². The maximum atomic E-state index is 12.8. The first-order chi connectivity index (χ1) is 14.9. The maximum Gasteiger partial charge on any atom is 0.267 e. The minimum atomic E-state index is -3.55. The van der Waals surface area contributed by atoms with E-state index in [0.29, 0.717) is 18.8 Å². The normalized spacial score (nSPS) is 19.4. The van der Waals surface area contributed by atoms with Crippen LogP contribution in [0.15, 0.2) is 41.4 Å². The SMILES string of the molecule is Cc1ccccc1CN1CCC(NC(=O)c2cc(S(=O)(=O)N3CCSCC3)c[nH]2)CC1. The van der Waals surface area contributed by atoms with E-state index >= 15 is 0 Å². The largest absolute Gasteiger partial charge is 0.356 e. The summed E-state index contributed by atoms with van der Waals surface area (Å²) in [6.07, 6.45) is 3.20. The molecule has 168 valence electrons. The zero-order valence-corrected chi connectivity index (χ0v) is 19.5. The predicted molar refractivity (Wildman–Crippen MR) is 124 cm³/mol. The molecule has 0 atom stereocenters. The first-order valence-electron chi connectivity index (χ1n) is 10.8. The van der Waals surface area contributed by atoms with Crippen LogP contribution < -0.4 is 5.32 Å². The summed E-state index contributed by atoms with van der Waals surface area (Å²) < 4.78 is 27.1. The van der Waals surface area contributed by atoms with Gasteiger partial charge in [0.25, 0.3) is 5.91 Å². The van der Waals surface area contributed by atoms with E-state index < -0.39 is 10.0 Å². The molecule has 31 heavy (non-hydrogen) atoms. The number of benzene rings is 1. The third-order valence-electron chi connectivity index (χ3n) is 6.09. The van der Waals surface area contributed by atoms with Crippen molar-refractivity contribution in [3.05, 3.63) is 53.3 Å². The second-order valence-electron chi connectivity index (χ2n) is 8.22. The number of H-pyrrole nitrogens is 1. The Morgan fingerprint density at radius 2 is 1.87 bits per heavy atom. The molecule has 2 aromatic rings. The van der Waals surface area contributed by atoms with Gasteiger partial charge in [0, 0.05) is 56.5 Å². The number of hydrogen-bond acceptors (Lipinski definition) is 5. The van der Waals surface area contributed by atoms with Crippen LogP contribution in [0.25, 0.3) is 0 Å². The minimum absolute atomic E-state index is 0.100. The molecule has 3 heterocycles. The molecular formula is C22H30N4O3S2. The van der Waals surface area contributed by atoms with Crippen molar-refractivity contribution in [2.75, 3.05) is 37.7 Å². The van der Waals surface area contributed by atoms with Crippen LogP contribution >= 0.6 is 11.8 Å². The zero-order valence-electron chi connectivity index (χ0n) is 17.8. The molecule has 4 rings (SSSR count). The molecule has 0 spiro atoms. The number of sulfonamides is 1. The first kappa shape index (κ1) is 22.4. The van der Waals surface area contributed by atoms with E-state index in [0.717, 1.165) is 44.0 Å². The highest BCUT2D eigenvalue weighted by Gasteiger charge is 2.28. The van der Waals surface area contributed by atoms with E-state index in [1.54, 1.807) is 11.8 Å². The lowest BCUT2D eigenvalue weighted by Gasteiger charge is -2.32. The Kier molecular flexibility index (Phi) is 7.05.